The van der Waals surface area contributed by atoms with Gasteiger partial charge in [0, 0.05) is 55.4 Å². The molecule has 4 aliphatic rings. The molecule has 0 aromatic heterocycles. The van der Waals surface area contributed by atoms with Crippen LogP contribution < -0.4 is 19.4 Å². The van der Waals surface area contributed by atoms with E-state index in [1.54, 1.807) is 7.11 Å². The van der Waals surface area contributed by atoms with Gasteiger partial charge in [0.15, 0.2) is 0 Å². The lowest BCUT2D eigenvalue weighted by molar-refractivity contribution is 0.392. The van der Waals surface area contributed by atoms with Crippen LogP contribution in [0.15, 0.2) is 83.9 Å². The summed E-state index contributed by atoms with van der Waals surface area (Å²) in [5, 5.41) is 0. The van der Waals surface area contributed by atoms with Crippen LogP contribution in [0.4, 0.5) is 17.1 Å². The number of fused-ring (bicyclic) bond motifs is 8. The van der Waals surface area contributed by atoms with Gasteiger partial charge in [-0.15, -0.1) is 0 Å². The van der Waals surface area contributed by atoms with E-state index in [1.165, 1.54) is 50.5 Å². The topological polar surface area (TPSA) is 19.0 Å². The molecule has 3 aromatic rings. The van der Waals surface area contributed by atoms with Crippen LogP contribution in [0.2, 0.25) is 0 Å². The normalized spacial score (nSPS) is 26.0. The van der Waals surface area contributed by atoms with E-state index in [9.17, 15) is 0 Å². The van der Waals surface area contributed by atoms with Crippen LogP contribution >= 0.6 is 0 Å². The first-order chi connectivity index (χ1) is 16.9. The summed E-state index contributed by atoms with van der Waals surface area (Å²) in [6.45, 7) is 6.76. The number of likely N-dealkylation sites (N-methyl/N-ethyl adjacent to an activating group) is 2. The molecule has 1 aliphatic carbocycles. The maximum Gasteiger partial charge on any atom is 0.119 e. The van der Waals surface area contributed by atoms with Crippen molar-refractivity contribution in [1.29, 1.82) is 0 Å². The molecule has 4 nitrogen and oxygen atoms in total. The Balaban J connectivity index is 1.53. The van der Waals surface area contributed by atoms with Crippen molar-refractivity contribution in [1.82, 2.24) is 0 Å². The number of anilines is 3. The van der Waals surface area contributed by atoms with Gasteiger partial charge in [-0.05, 0) is 72.5 Å². The van der Waals surface area contributed by atoms with Gasteiger partial charge in [-0.2, -0.15) is 0 Å². The van der Waals surface area contributed by atoms with Crippen LogP contribution in [0, 0.1) is 0 Å². The first-order valence-corrected chi connectivity index (χ1v) is 12.4. The largest absolute Gasteiger partial charge is 0.497 e. The fraction of sp³-hybridized carbons (Fsp3) is 0.290. The summed E-state index contributed by atoms with van der Waals surface area (Å²) in [5.74, 6) is 0.896. The zero-order chi connectivity index (χ0) is 24.1. The smallest absolute Gasteiger partial charge is 0.119 e. The van der Waals surface area contributed by atoms with Crippen molar-refractivity contribution in [2.24, 2.45) is 0 Å². The van der Waals surface area contributed by atoms with E-state index in [1.807, 2.05) is 0 Å². The predicted octanol–water partition coefficient (Wildman–Crippen LogP) is 5.85. The molecule has 1 saturated heterocycles. The second kappa shape index (κ2) is 6.72. The van der Waals surface area contributed by atoms with Gasteiger partial charge in [-0.3, -0.25) is 0 Å². The molecule has 35 heavy (non-hydrogen) atoms. The third-order valence-corrected chi connectivity index (χ3v) is 9.44. The molecule has 0 amide bonds. The molecule has 4 heteroatoms. The quantitative estimate of drug-likeness (QED) is 0.476. The standard InChI is InChI=1S/C31H31N3O/c1-30-28(22-10-6-8-12-26(22)32(30)3)24-18-34(20-14-16-21(35-5)17-15-20)19-25(24)29-23-11-7-9-13-27(23)33(4)31(29,30)2/h6-17H,18-19H2,1-5H3/t30-,31-/m1/s1. The van der Waals surface area contributed by atoms with Gasteiger partial charge >= 0.3 is 0 Å². The van der Waals surface area contributed by atoms with Crippen molar-refractivity contribution in [2.75, 3.05) is 49.0 Å². The number of benzene rings is 3. The molecule has 0 bridgehead atoms. The van der Waals surface area contributed by atoms with Gasteiger partial charge in [0.05, 0.1) is 18.2 Å². The van der Waals surface area contributed by atoms with Crippen LogP contribution in [-0.2, 0) is 0 Å². The molecular weight excluding hydrogens is 430 g/mol. The Labute approximate surface area is 207 Å². The highest BCUT2D eigenvalue weighted by atomic mass is 16.5. The van der Waals surface area contributed by atoms with Crippen molar-refractivity contribution in [2.45, 2.75) is 24.9 Å². The zero-order valence-electron chi connectivity index (χ0n) is 21.1. The van der Waals surface area contributed by atoms with Gasteiger partial charge in [-0.25, -0.2) is 0 Å². The Bertz CT molecular complexity index is 1360. The molecule has 0 saturated carbocycles. The van der Waals surface area contributed by atoms with Crippen LogP contribution in [0.1, 0.15) is 25.0 Å². The Kier molecular flexibility index (Phi) is 3.97. The minimum Gasteiger partial charge on any atom is -0.497 e. The molecule has 0 N–H and O–H groups in total. The average molecular weight is 462 g/mol. The number of para-hydroxylation sites is 2. The second-order valence-corrected chi connectivity index (χ2v) is 10.6. The van der Waals surface area contributed by atoms with Gasteiger partial charge < -0.3 is 19.4 Å². The minimum atomic E-state index is -0.200. The highest BCUT2D eigenvalue weighted by Crippen LogP contribution is 2.66. The number of methoxy groups -OCH3 is 1. The van der Waals surface area contributed by atoms with E-state index in [-0.39, 0.29) is 11.1 Å². The molecule has 3 heterocycles. The molecular formula is C31H31N3O. The van der Waals surface area contributed by atoms with Crippen molar-refractivity contribution >= 4 is 28.2 Å². The summed E-state index contributed by atoms with van der Waals surface area (Å²) in [5.41, 5.74) is 12.2. The average Bonchev–Trinajstić information content (AvgIpc) is 3.49. The first-order valence-electron chi connectivity index (χ1n) is 12.4. The number of hydrogen-bond acceptors (Lipinski definition) is 4. The number of rotatable bonds is 2. The van der Waals surface area contributed by atoms with Gasteiger partial charge in [0.1, 0.15) is 5.75 Å². The van der Waals surface area contributed by atoms with Crippen LogP contribution in [0.3, 0.4) is 0 Å². The summed E-state index contributed by atoms with van der Waals surface area (Å²) in [6, 6.07) is 26.5. The molecule has 3 aliphatic heterocycles. The number of hydrogen-bond donors (Lipinski definition) is 0. The Hall–Kier alpha value is -3.66. The Morgan fingerprint density at radius 3 is 1.57 bits per heavy atom. The molecule has 0 radical (unpaired) electrons. The molecule has 176 valence electrons. The Morgan fingerprint density at radius 2 is 1.11 bits per heavy atom. The molecule has 1 fully saturated rings. The summed E-state index contributed by atoms with van der Waals surface area (Å²) in [7, 11) is 6.29. The van der Waals surface area contributed by atoms with Crippen molar-refractivity contribution in [3.8, 4) is 5.75 Å². The summed E-state index contributed by atoms with van der Waals surface area (Å²) >= 11 is 0. The summed E-state index contributed by atoms with van der Waals surface area (Å²) < 4.78 is 5.42. The molecule has 2 atom stereocenters. The first kappa shape index (κ1) is 20.7. The highest BCUT2D eigenvalue weighted by Gasteiger charge is 2.65. The third kappa shape index (κ3) is 2.28. The van der Waals surface area contributed by atoms with Crippen molar-refractivity contribution in [3.63, 3.8) is 0 Å². The SMILES string of the molecule is COc1ccc(N2CC3=C4c5ccccc5N(C)[C@@]4(C)[C@@]4(C)C(=C3C2)c2ccccc2N4C)cc1. The highest BCUT2D eigenvalue weighted by molar-refractivity contribution is 6.08. The molecule has 0 spiro atoms. The summed E-state index contributed by atoms with van der Waals surface area (Å²) in [4.78, 5) is 7.61. The van der Waals surface area contributed by atoms with E-state index in [0.29, 0.717) is 0 Å². The van der Waals surface area contributed by atoms with E-state index >= 15 is 0 Å². The van der Waals surface area contributed by atoms with E-state index in [4.69, 9.17) is 4.74 Å². The molecule has 7 rings (SSSR count). The van der Waals surface area contributed by atoms with Crippen LogP contribution in [0.5, 0.6) is 5.75 Å². The van der Waals surface area contributed by atoms with Crippen molar-refractivity contribution < 1.29 is 4.74 Å². The number of nitrogens with zero attached hydrogens (tertiary/aromatic N) is 3. The summed E-state index contributed by atoms with van der Waals surface area (Å²) in [6.07, 6.45) is 0. The van der Waals surface area contributed by atoms with Crippen LogP contribution in [-0.4, -0.2) is 45.4 Å². The minimum absolute atomic E-state index is 0.200. The fourth-order valence-electron chi connectivity index (χ4n) is 7.41. The lowest BCUT2D eigenvalue weighted by Crippen LogP contribution is -2.66. The zero-order valence-corrected chi connectivity index (χ0v) is 21.1. The van der Waals surface area contributed by atoms with E-state index < -0.39 is 0 Å². The second-order valence-electron chi connectivity index (χ2n) is 10.6. The van der Waals surface area contributed by atoms with Gasteiger partial charge in [-0.1, -0.05) is 36.4 Å². The van der Waals surface area contributed by atoms with E-state index in [0.717, 1.165) is 18.8 Å². The van der Waals surface area contributed by atoms with Crippen LogP contribution in [0.25, 0.3) is 11.1 Å². The predicted molar refractivity (Wildman–Crippen MR) is 146 cm³/mol. The van der Waals surface area contributed by atoms with Gasteiger partial charge in [0.2, 0.25) is 0 Å². The third-order valence-electron chi connectivity index (χ3n) is 9.44. The maximum absolute atomic E-state index is 5.42. The van der Waals surface area contributed by atoms with Crippen molar-refractivity contribution in [3.05, 3.63) is 95.1 Å². The molecule has 3 aromatic carbocycles. The maximum atomic E-state index is 5.42. The monoisotopic (exact) mass is 461 g/mol. The fourth-order valence-corrected chi connectivity index (χ4v) is 7.41. The lowest BCUT2D eigenvalue weighted by atomic mass is 9.62. The van der Waals surface area contributed by atoms with E-state index in [2.05, 4.69) is 115 Å². The Morgan fingerprint density at radius 1 is 0.657 bits per heavy atom. The molecule has 0 unspecified atom stereocenters. The number of ether oxygens (including phenoxy) is 1. The van der Waals surface area contributed by atoms with Gasteiger partial charge in [0.25, 0.3) is 0 Å². The lowest BCUT2D eigenvalue weighted by Gasteiger charge is -2.55.